The van der Waals surface area contributed by atoms with Gasteiger partial charge in [-0.2, -0.15) is 0 Å². The zero-order valence-corrected chi connectivity index (χ0v) is 34.9. The molecular weight excluding hydrogens is 712 g/mol. The molecule has 1 N–H and O–H groups in total. The van der Waals surface area contributed by atoms with Crippen molar-refractivity contribution in [2.75, 3.05) is 126 Å². The number of carboxylic acids is 1. The fraction of sp³-hybridized carbons (Fsp3) is 0.952. The molecule has 0 saturated carbocycles. The van der Waals surface area contributed by atoms with Gasteiger partial charge >= 0.3 is 11.9 Å². The number of carboxylic acid groups (broad SMARTS) is 1. The molecule has 0 bridgehead atoms. The Balaban J connectivity index is 3.09. The molecule has 0 saturated heterocycles. The quantitative estimate of drug-likeness (QED) is 0.0477. The Kier molecular flexibility index (Phi) is 47.5. The largest absolute Gasteiger partial charge is 0.481 e. The molecular formula is C42H82O13. The van der Waals surface area contributed by atoms with Crippen LogP contribution < -0.4 is 0 Å². The van der Waals surface area contributed by atoms with Crippen molar-refractivity contribution in [1.29, 1.82) is 0 Å². The van der Waals surface area contributed by atoms with Crippen molar-refractivity contribution in [1.82, 2.24) is 0 Å². The fourth-order valence-electron chi connectivity index (χ4n) is 5.45. The Hall–Kier alpha value is -1.42. The molecule has 0 spiro atoms. The van der Waals surface area contributed by atoms with E-state index in [0.29, 0.717) is 119 Å². The standard InChI is InChI=1S/C42H82O13/c1-2-3-4-5-6-7-8-9-10-11-12-13-14-15-16-19-22-46-23-24-47-25-26-48-27-28-49-29-30-50-31-32-51-33-34-52-35-36-53-37-38-54-39-40-55-42(45)21-18-17-20-41(43)44/h2-40H2,1H3,(H,43,44). The highest BCUT2D eigenvalue weighted by Gasteiger charge is 2.04. The van der Waals surface area contributed by atoms with Crippen LogP contribution in [0.4, 0.5) is 0 Å². The smallest absolute Gasteiger partial charge is 0.305 e. The van der Waals surface area contributed by atoms with E-state index in [9.17, 15) is 9.59 Å². The molecule has 13 heteroatoms. The van der Waals surface area contributed by atoms with Crippen LogP contribution in [0.2, 0.25) is 0 Å². The monoisotopic (exact) mass is 795 g/mol. The molecule has 328 valence electrons. The summed E-state index contributed by atoms with van der Waals surface area (Å²) in [4.78, 5) is 21.9. The van der Waals surface area contributed by atoms with Gasteiger partial charge in [0.25, 0.3) is 0 Å². The van der Waals surface area contributed by atoms with Crippen LogP contribution in [-0.4, -0.2) is 143 Å². The second-order valence-corrected chi connectivity index (χ2v) is 13.6. The van der Waals surface area contributed by atoms with E-state index in [0.717, 1.165) is 13.0 Å². The summed E-state index contributed by atoms with van der Waals surface area (Å²) < 4.78 is 54.5. The molecule has 0 aromatic carbocycles. The molecule has 0 rings (SSSR count). The SMILES string of the molecule is CCCCCCCCCCCCCCCCCCOCCOCCOCCOCCOCCOCCOCCOCCOCCOC(=O)CCCCC(=O)O. The first-order valence-corrected chi connectivity index (χ1v) is 21.7. The topological polar surface area (TPSA) is 147 Å². The van der Waals surface area contributed by atoms with Gasteiger partial charge in [0.1, 0.15) is 6.61 Å². The molecule has 0 aliphatic heterocycles. The molecule has 0 aromatic heterocycles. The van der Waals surface area contributed by atoms with Gasteiger partial charge in [-0.15, -0.1) is 0 Å². The van der Waals surface area contributed by atoms with E-state index in [1.807, 2.05) is 0 Å². The normalized spacial score (nSPS) is 11.4. The highest BCUT2D eigenvalue weighted by Crippen LogP contribution is 2.13. The summed E-state index contributed by atoms with van der Waals surface area (Å²) in [5, 5.41) is 8.56. The van der Waals surface area contributed by atoms with Gasteiger partial charge in [0.15, 0.2) is 0 Å². The zero-order valence-electron chi connectivity index (χ0n) is 34.9. The van der Waals surface area contributed by atoms with E-state index in [2.05, 4.69) is 6.92 Å². The van der Waals surface area contributed by atoms with E-state index >= 15 is 0 Å². The number of aliphatic carboxylic acids is 1. The van der Waals surface area contributed by atoms with Crippen molar-refractivity contribution in [3.05, 3.63) is 0 Å². The number of carbonyl (C=O) groups is 2. The molecule has 0 amide bonds. The van der Waals surface area contributed by atoms with Crippen molar-refractivity contribution in [3.63, 3.8) is 0 Å². The molecule has 0 fully saturated rings. The molecule has 0 aliphatic carbocycles. The van der Waals surface area contributed by atoms with E-state index in [-0.39, 0.29) is 32.0 Å². The minimum Gasteiger partial charge on any atom is -0.481 e. The van der Waals surface area contributed by atoms with E-state index in [4.69, 9.17) is 52.5 Å². The average Bonchev–Trinajstić information content (AvgIpc) is 3.18. The molecule has 55 heavy (non-hydrogen) atoms. The minimum atomic E-state index is -0.859. The van der Waals surface area contributed by atoms with Gasteiger partial charge in [-0.25, -0.2) is 0 Å². The third kappa shape index (κ3) is 50.6. The second-order valence-electron chi connectivity index (χ2n) is 13.6. The van der Waals surface area contributed by atoms with Crippen LogP contribution in [0.15, 0.2) is 0 Å². The number of unbranched alkanes of at least 4 members (excludes halogenated alkanes) is 16. The van der Waals surface area contributed by atoms with Crippen LogP contribution in [0, 0.1) is 0 Å². The molecule has 0 heterocycles. The van der Waals surface area contributed by atoms with Crippen LogP contribution in [0.5, 0.6) is 0 Å². The summed E-state index contributed by atoms with van der Waals surface area (Å²) in [5.41, 5.74) is 0. The van der Waals surface area contributed by atoms with Crippen LogP contribution in [0.25, 0.3) is 0 Å². The van der Waals surface area contributed by atoms with Crippen LogP contribution in [0.3, 0.4) is 0 Å². The Morgan fingerprint density at radius 1 is 0.309 bits per heavy atom. The Labute approximate surface area is 334 Å². The van der Waals surface area contributed by atoms with Gasteiger partial charge in [0.2, 0.25) is 0 Å². The van der Waals surface area contributed by atoms with Crippen molar-refractivity contribution in [2.24, 2.45) is 0 Å². The number of hydrogen-bond donors (Lipinski definition) is 1. The van der Waals surface area contributed by atoms with E-state index in [1.54, 1.807) is 0 Å². The van der Waals surface area contributed by atoms with Gasteiger partial charge in [-0.05, 0) is 19.3 Å². The van der Waals surface area contributed by atoms with Gasteiger partial charge in [-0.3, -0.25) is 9.59 Å². The number of rotatable bonds is 49. The number of esters is 1. The predicted octanol–water partition coefficient (Wildman–Crippen LogP) is 7.59. The van der Waals surface area contributed by atoms with Gasteiger partial charge < -0.3 is 52.5 Å². The van der Waals surface area contributed by atoms with Crippen LogP contribution >= 0.6 is 0 Å². The predicted molar refractivity (Wildman–Crippen MR) is 214 cm³/mol. The van der Waals surface area contributed by atoms with Crippen molar-refractivity contribution >= 4 is 11.9 Å². The van der Waals surface area contributed by atoms with Gasteiger partial charge in [-0.1, -0.05) is 103 Å². The van der Waals surface area contributed by atoms with E-state index in [1.165, 1.54) is 96.3 Å². The third-order valence-corrected chi connectivity index (χ3v) is 8.63. The highest BCUT2D eigenvalue weighted by atomic mass is 16.6. The maximum absolute atomic E-state index is 11.5. The lowest BCUT2D eigenvalue weighted by Gasteiger charge is -2.09. The number of carbonyl (C=O) groups excluding carboxylic acids is 1. The summed E-state index contributed by atoms with van der Waals surface area (Å²) in [6.07, 6.45) is 23.3. The van der Waals surface area contributed by atoms with Crippen LogP contribution in [0.1, 0.15) is 135 Å². The van der Waals surface area contributed by atoms with Gasteiger partial charge in [0.05, 0.1) is 112 Å². The minimum absolute atomic E-state index is 0.0636. The van der Waals surface area contributed by atoms with Gasteiger partial charge in [0, 0.05) is 19.4 Å². The van der Waals surface area contributed by atoms with Crippen LogP contribution in [-0.2, 0) is 57.0 Å². The summed E-state index contributed by atoms with van der Waals surface area (Å²) in [7, 11) is 0. The van der Waals surface area contributed by atoms with E-state index < -0.39 is 5.97 Å². The lowest BCUT2D eigenvalue weighted by atomic mass is 10.0. The summed E-state index contributed by atoms with van der Waals surface area (Å²) in [5.74, 6) is -1.20. The summed E-state index contributed by atoms with van der Waals surface area (Å²) >= 11 is 0. The Morgan fingerprint density at radius 3 is 0.873 bits per heavy atom. The van der Waals surface area contributed by atoms with Crippen molar-refractivity contribution in [3.8, 4) is 0 Å². The average molecular weight is 795 g/mol. The molecule has 0 unspecified atom stereocenters. The van der Waals surface area contributed by atoms with Crippen molar-refractivity contribution < 1.29 is 62.1 Å². The summed E-state index contributed by atoms with van der Waals surface area (Å²) in [6.45, 7) is 11.6. The summed E-state index contributed by atoms with van der Waals surface area (Å²) in [6, 6.07) is 0. The first kappa shape index (κ1) is 53.6. The first-order chi connectivity index (χ1) is 27.2. The molecule has 0 aromatic rings. The first-order valence-electron chi connectivity index (χ1n) is 21.7. The molecule has 0 radical (unpaired) electrons. The third-order valence-electron chi connectivity index (χ3n) is 8.63. The Bertz CT molecular complexity index is 759. The maximum atomic E-state index is 11.5. The molecule has 13 nitrogen and oxygen atoms in total. The van der Waals surface area contributed by atoms with Crippen molar-refractivity contribution in [2.45, 2.75) is 135 Å². The number of ether oxygens (including phenoxy) is 10. The number of hydrogen-bond acceptors (Lipinski definition) is 12. The maximum Gasteiger partial charge on any atom is 0.305 e. The Morgan fingerprint density at radius 2 is 0.564 bits per heavy atom. The fourth-order valence-corrected chi connectivity index (χ4v) is 5.45. The lowest BCUT2D eigenvalue weighted by Crippen LogP contribution is -2.15. The lowest BCUT2D eigenvalue weighted by molar-refractivity contribution is -0.146. The zero-order chi connectivity index (χ0) is 39.8. The molecule has 0 aliphatic rings. The highest BCUT2D eigenvalue weighted by molar-refractivity contribution is 5.69. The second kappa shape index (κ2) is 48.7. The molecule has 0 atom stereocenters.